The van der Waals surface area contributed by atoms with E-state index < -0.39 is 0 Å². The third kappa shape index (κ3) is 3.00. The molecule has 2 aromatic rings. The lowest BCUT2D eigenvalue weighted by atomic mass is 10.1. The summed E-state index contributed by atoms with van der Waals surface area (Å²) in [7, 11) is 0. The molecule has 0 aromatic carbocycles. The topological polar surface area (TPSA) is 38.2 Å². The molecule has 1 fully saturated rings. The van der Waals surface area contributed by atoms with Crippen LogP contribution in [0.15, 0.2) is 29.8 Å². The number of rotatable bonds is 3. The van der Waals surface area contributed by atoms with E-state index in [9.17, 15) is 0 Å². The fourth-order valence-electron chi connectivity index (χ4n) is 2.33. The Morgan fingerprint density at radius 2 is 2.42 bits per heavy atom. The molecular formula is C14H17N3OS. The van der Waals surface area contributed by atoms with Crippen LogP contribution < -0.4 is 0 Å². The van der Waals surface area contributed by atoms with Gasteiger partial charge in [0, 0.05) is 24.7 Å². The van der Waals surface area contributed by atoms with Crippen LogP contribution in [0.25, 0.3) is 0 Å². The number of pyridine rings is 1. The molecule has 0 N–H and O–H groups in total. The highest BCUT2D eigenvalue weighted by Crippen LogP contribution is 2.26. The maximum Gasteiger partial charge on any atom is 0.0898 e. The Bertz CT molecular complexity index is 528. The average molecular weight is 275 g/mol. The molecule has 0 bridgehead atoms. The fraction of sp³-hybridized carbons (Fsp3) is 0.429. The SMILES string of the molecule is Cc1nc([C@@H]2COCCN2Cc2ccccn2)cs1. The molecule has 5 heteroatoms. The first-order valence-corrected chi connectivity index (χ1v) is 7.34. The smallest absolute Gasteiger partial charge is 0.0898 e. The van der Waals surface area contributed by atoms with E-state index in [0.29, 0.717) is 0 Å². The van der Waals surface area contributed by atoms with Crippen molar-refractivity contribution in [1.29, 1.82) is 0 Å². The lowest BCUT2D eigenvalue weighted by Gasteiger charge is -2.34. The molecule has 0 unspecified atom stereocenters. The molecule has 3 rings (SSSR count). The zero-order valence-corrected chi connectivity index (χ0v) is 11.8. The van der Waals surface area contributed by atoms with Gasteiger partial charge in [0.25, 0.3) is 0 Å². The maximum atomic E-state index is 5.62. The number of ether oxygens (including phenoxy) is 1. The molecule has 1 aliphatic rings. The van der Waals surface area contributed by atoms with Crippen molar-refractivity contribution >= 4 is 11.3 Å². The minimum atomic E-state index is 0.251. The maximum absolute atomic E-state index is 5.62. The van der Waals surface area contributed by atoms with Crippen LogP contribution in [0.2, 0.25) is 0 Å². The lowest BCUT2D eigenvalue weighted by molar-refractivity contribution is -0.0146. The predicted molar refractivity (Wildman–Crippen MR) is 75.1 cm³/mol. The quantitative estimate of drug-likeness (QED) is 0.862. The Kier molecular flexibility index (Phi) is 3.87. The zero-order valence-electron chi connectivity index (χ0n) is 11.0. The van der Waals surface area contributed by atoms with Crippen molar-refractivity contribution in [3.8, 4) is 0 Å². The largest absolute Gasteiger partial charge is 0.378 e. The summed E-state index contributed by atoms with van der Waals surface area (Å²) in [5, 5.41) is 3.25. The standard InChI is InChI=1S/C14H17N3OS/c1-11-16-13(10-19-11)14-9-18-7-6-17(14)8-12-4-2-3-5-15-12/h2-5,10,14H,6-9H2,1H3/t14-/m0/s1. The summed E-state index contributed by atoms with van der Waals surface area (Å²) in [6, 6.07) is 6.30. The number of hydrogen-bond donors (Lipinski definition) is 0. The summed E-state index contributed by atoms with van der Waals surface area (Å²) in [5.41, 5.74) is 2.22. The second kappa shape index (κ2) is 5.77. The number of aromatic nitrogens is 2. The second-order valence-corrected chi connectivity index (χ2v) is 5.74. The van der Waals surface area contributed by atoms with Crippen molar-refractivity contribution in [1.82, 2.24) is 14.9 Å². The van der Waals surface area contributed by atoms with Crippen molar-refractivity contribution in [3.05, 3.63) is 46.2 Å². The van der Waals surface area contributed by atoms with Crippen LogP contribution in [-0.2, 0) is 11.3 Å². The van der Waals surface area contributed by atoms with Crippen molar-refractivity contribution in [2.45, 2.75) is 19.5 Å². The van der Waals surface area contributed by atoms with E-state index in [1.165, 1.54) is 0 Å². The van der Waals surface area contributed by atoms with Crippen LogP contribution in [0, 0.1) is 6.92 Å². The molecule has 1 aliphatic heterocycles. The Morgan fingerprint density at radius 3 is 3.16 bits per heavy atom. The number of morpholine rings is 1. The first-order chi connectivity index (χ1) is 9.33. The number of hydrogen-bond acceptors (Lipinski definition) is 5. The highest BCUT2D eigenvalue weighted by molar-refractivity contribution is 7.09. The molecule has 0 radical (unpaired) electrons. The van der Waals surface area contributed by atoms with Gasteiger partial charge in [-0.1, -0.05) is 6.07 Å². The molecule has 19 heavy (non-hydrogen) atoms. The molecule has 0 aliphatic carbocycles. The van der Waals surface area contributed by atoms with E-state index in [0.717, 1.165) is 42.7 Å². The van der Waals surface area contributed by atoms with Gasteiger partial charge in [0.1, 0.15) is 0 Å². The molecule has 100 valence electrons. The van der Waals surface area contributed by atoms with E-state index in [-0.39, 0.29) is 6.04 Å². The van der Waals surface area contributed by atoms with Gasteiger partial charge in [0.05, 0.1) is 35.7 Å². The molecule has 0 amide bonds. The normalized spacial score (nSPS) is 20.6. The van der Waals surface area contributed by atoms with Gasteiger partial charge in [-0.3, -0.25) is 9.88 Å². The van der Waals surface area contributed by atoms with Crippen molar-refractivity contribution < 1.29 is 4.74 Å². The van der Waals surface area contributed by atoms with Crippen LogP contribution >= 0.6 is 11.3 Å². The summed E-state index contributed by atoms with van der Waals surface area (Å²) < 4.78 is 5.62. The summed E-state index contributed by atoms with van der Waals surface area (Å²) in [5.74, 6) is 0. The first kappa shape index (κ1) is 12.7. The van der Waals surface area contributed by atoms with Gasteiger partial charge in [-0.2, -0.15) is 0 Å². The third-order valence-electron chi connectivity index (χ3n) is 3.31. The van der Waals surface area contributed by atoms with E-state index in [1.54, 1.807) is 11.3 Å². The number of aryl methyl sites for hydroxylation is 1. The Labute approximate surface area is 117 Å². The summed E-state index contributed by atoms with van der Waals surface area (Å²) in [4.78, 5) is 11.4. The third-order valence-corrected chi connectivity index (χ3v) is 4.10. The molecule has 1 saturated heterocycles. The van der Waals surface area contributed by atoms with Crippen LogP contribution in [-0.4, -0.2) is 34.6 Å². The fourth-order valence-corrected chi connectivity index (χ4v) is 2.99. The summed E-state index contributed by atoms with van der Waals surface area (Å²) in [6.45, 7) is 5.33. The molecule has 3 heterocycles. The van der Waals surface area contributed by atoms with Crippen LogP contribution in [0.1, 0.15) is 22.4 Å². The van der Waals surface area contributed by atoms with Crippen LogP contribution in [0.3, 0.4) is 0 Å². The van der Waals surface area contributed by atoms with Crippen LogP contribution in [0.5, 0.6) is 0 Å². The van der Waals surface area contributed by atoms with Crippen molar-refractivity contribution in [2.24, 2.45) is 0 Å². The average Bonchev–Trinajstić information content (AvgIpc) is 2.87. The highest BCUT2D eigenvalue weighted by Gasteiger charge is 2.26. The minimum absolute atomic E-state index is 0.251. The second-order valence-electron chi connectivity index (χ2n) is 4.67. The van der Waals surface area contributed by atoms with Crippen molar-refractivity contribution in [3.63, 3.8) is 0 Å². The number of nitrogens with zero attached hydrogens (tertiary/aromatic N) is 3. The summed E-state index contributed by atoms with van der Waals surface area (Å²) in [6.07, 6.45) is 1.85. The van der Waals surface area contributed by atoms with Crippen LogP contribution in [0.4, 0.5) is 0 Å². The van der Waals surface area contributed by atoms with Gasteiger partial charge in [-0.15, -0.1) is 11.3 Å². The van der Waals surface area contributed by atoms with Crippen molar-refractivity contribution in [2.75, 3.05) is 19.8 Å². The zero-order chi connectivity index (χ0) is 13.1. The van der Waals surface area contributed by atoms with Gasteiger partial charge in [-0.25, -0.2) is 4.98 Å². The minimum Gasteiger partial charge on any atom is -0.378 e. The van der Waals surface area contributed by atoms with E-state index in [2.05, 4.69) is 26.3 Å². The lowest BCUT2D eigenvalue weighted by Crippen LogP contribution is -2.39. The van der Waals surface area contributed by atoms with E-state index in [4.69, 9.17) is 4.74 Å². The predicted octanol–water partition coefficient (Wildman–Crippen LogP) is 2.42. The van der Waals surface area contributed by atoms with E-state index in [1.807, 2.05) is 25.3 Å². The molecule has 2 aromatic heterocycles. The molecule has 0 saturated carbocycles. The summed E-state index contributed by atoms with van der Waals surface area (Å²) >= 11 is 1.70. The monoisotopic (exact) mass is 275 g/mol. The Hall–Kier alpha value is -1.30. The number of thiazole rings is 1. The Morgan fingerprint density at radius 1 is 1.47 bits per heavy atom. The van der Waals surface area contributed by atoms with Gasteiger partial charge in [0.2, 0.25) is 0 Å². The molecule has 4 nitrogen and oxygen atoms in total. The highest BCUT2D eigenvalue weighted by atomic mass is 32.1. The van der Waals surface area contributed by atoms with Gasteiger partial charge < -0.3 is 4.74 Å². The molecule has 1 atom stereocenters. The first-order valence-electron chi connectivity index (χ1n) is 6.46. The van der Waals surface area contributed by atoms with E-state index >= 15 is 0 Å². The van der Waals surface area contributed by atoms with Gasteiger partial charge in [-0.05, 0) is 19.1 Å². The van der Waals surface area contributed by atoms with Gasteiger partial charge >= 0.3 is 0 Å². The molecular weight excluding hydrogens is 258 g/mol. The Balaban J connectivity index is 1.77. The molecule has 0 spiro atoms. The van der Waals surface area contributed by atoms with Gasteiger partial charge in [0.15, 0.2) is 0 Å².